The molecular weight excluding hydrogens is 316 g/mol. The monoisotopic (exact) mass is 336 g/mol. The van der Waals surface area contributed by atoms with Crippen LogP contribution in [0.3, 0.4) is 0 Å². The predicted octanol–water partition coefficient (Wildman–Crippen LogP) is 3.57. The second kappa shape index (κ2) is 9.19. The molecule has 0 atom stereocenters. The Balaban J connectivity index is 1.94. The first-order valence-electron chi connectivity index (χ1n) is 7.58. The number of hydrogen-bond donors (Lipinski definition) is 0. The van der Waals surface area contributed by atoms with Crippen molar-refractivity contribution in [3.63, 3.8) is 0 Å². The lowest BCUT2D eigenvalue weighted by atomic mass is 10.2. The number of carbonyl (C=O) groups excluding carboxylic acids is 1. The minimum Gasteiger partial charge on any atom is -0.493 e. The van der Waals surface area contributed by atoms with E-state index in [1.54, 1.807) is 0 Å². The molecule has 0 saturated heterocycles. The van der Waals surface area contributed by atoms with Crippen LogP contribution in [0.25, 0.3) is 11.5 Å². The Bertz CT molecular complexity index is 630. The minimum absolute atomic E-state index is 0.151. The van der Waals surface area contributed by atoms with Crippen molar-refractivity contribution < 1.29 is 18.7 Å². The molecule has 2 aromatic rings. The molecule has 0 radical (unpaired) electrons. The Morgan fingerprint density at radius 1 is 1.26 bits per heavy atom. The van der Waals surface area contributed by atoms with Crippen molar-refractivity contribution in [1.82, 2.24) is 10.2 Å². The van der Waals surface area contributed by atoms with Gasteiger partial charge in [-0.3, -0.25) is 4.79 Å². The number of esters is 1. The van der Waals surface area contributed by atoms with Gasteiger partial charge < -0.3 is 13.9 Å². The van der Waals surface area contributed by atoms with E-state index in [0.717, 1.165) is 18.4 Å². The highest BCUT2D eigenvalue weighted by molar-refractivity contribution is 7.99. The molecule has 0 unspecified atom stereocenters. The molecule has 23 heavy (non-hydrogen) atoms. The number of para-hydroxylation sites is 1. The van der Waals surface area contributed by atoms with Gasteiger partial charge in [0.05, 0.1) is 18.8 Å². The summed E-state index contributed by atoms with van der Waals surface area (Å²) in [5.74, 6) is 0.932. The molecule has 1 aromatic carbocycles. The number of ether oxygens (including phenoxy) is 2. The Morgan fingerprint density at radius 3 is 2.87 bits per heavy atom. The van der Waals surface area contributed by atoms with E-state index in [0.29, 0.717) is 30.1 Å². The fourth-order valence-electron chi connectivity index (χ4n) is 1.79. The molecule has 0 aliphatic rings. The number of nitrogens with zero attached hydrogens (tertiary/aromatic N) is 2. The van der Waals surface area contributed by atoms with Gasteiger partial charge in [-0.05, 0) is 25.5 Å². The van der Waals surface area contributed by atoms with E-state index >= 15 is 0 Å². The van der Waals surface area contributed by atoms with Gasteiger partial charge in [-0.25, -0.2) is 0 Å². The van der Waals surface area contributed by atoms with E-state index < -0.39 is 0 Å². The summed E-state index contributed by atoms with van der Waals surface area (Å²) in [4.78, 5) is 11.6. The van der Waals surface area contributed by atoms with Crippen molar-refractivity contribution in [2.45, 2.75) is 31.9 Å². The zero-order valence-corrected chi connectivity index (χ0v) is 14.1. The summed E-state index contributed by atoms with van der Waals surface area (Å²) in [7, 11) is 0. The Morgan fingerprint density at radius 2 is 2.09 bits per heavy atom. The summed E-state index contributed by atoms with van der Waals surface area (Å²) in [6.07, 6.45) is 1.86. The third-order valence-electron chi connectivity index (χ3n) is 2.90. The molecule has 7 heteroatoms. The van der Waals surface area contributed by atoms with Crippen LogP contribution in [0.15, 0.2) is 33.9 Å². The van der Waals surface area contributed by atoms with Gasteiger partial charge in [-0.15, -0.1) is 10.2 Å². The topological polar surface area (TPSA) is 74.5 Å². The number of carbonyl (C=O) groups is 1. The van der Waals surface area contributed by atoms with Crippen molar-refractivity contribution >= 4 is 17.7 Å². The van der Waals surface area contributed by atoms with Crippen LogP contribution in [0.5, 0.6) is 5.75 Å². The van der Waals surface area contributed by atoms with Gasteiger partial charge in [0.15, 0.2) is 0 Å². The van der Waals surface area contributed by atoms with E-state index in [4.69, 9.17) is 13.9 Å². The number of rotatable bonds is 9. The maximum atomic E-state index is 11.6. The molecule has 0 aliphatic heterocycles. The molecule has 0 aliphatic carbocycles. The van der Waals surface area contributed by atoms with Crippen molar-refractivity contribution in [3.8, 4) is 17.2 Å². The zero-order valence-electron chi connectivity index (χ0n) is 13.3. The van der Waals surface area contributed by atoms with Gasteiger partial charge in [0, 0.05) is 0 Å². The van der Waals surface area contributed by atoms with Crippen molar-refractivity contribution in [2.24, 2.45) is 0 Å². The summed E-state index contributed by atoms with van der Waals surface area (Å²) < 4.78 is 16.2. The number of benzene rings is 1. The number of hydrogen-bond acceptors (Lipinski definition) is 7. The van der Waals surface area contributed by atoms with Crippen molar-refractivity contribution in [3.05, 3.63) is 24.3 Å². The second-order valence-electron chi connectivity index (χ2n) is 4.66. The lowest BCUT2D eigenvalue weighted by Gasteiger charge is -2.06. The largest absolute Gasteiger partial charge is 0.493 e. The molecule has 0 saturated carbocycles. The van der Waals surface area contributed by atoms with Crippen LogP contribution in [0.4, 0.5) is 0 Å². The molecule has 0 amide bonds. The summed E-state index contributed by atoms with van der Waals surface area (Å²) in [6.45, 7) is 4.96. The van der Waals surface area contributed by atoms with E-state index in [-0.39, 0.29) is 11.7 Å². The van der Waals surface area contributed by atoms with Crippen LogP contribution < -0.4 is 4.74 Å². The normalized spacial score (nSPS) is 10.5. The average molecular weight is 336 g/mol. The summed E-state index contributed by atoms with van der Waals surface area (Å²) in [5.41, 5.74) is 0.735. The van der Waals surface area contributed by atoms with Crippen LogP contribution in [-0.4, -0.2) is 35.1 Å². The van der Waals surface area contributed by atoms with E-state index in [2.05, 4.69) is 10.2 Å². The average Bonchev–Trinajstić information content (AvgIpc) is 3.03. The minimum atomic E-state index is -0.280. The Hall–Kier alpha value is -2.02. The van der Waals surface area contributed by atoms with Crippen LogP contribution >= 0.6 is 11.8 Å². The smallest absolute Gasteiger partial charge is 0.316 e. The molecule has 6 nitrogen and oxygen atoms in total. The van der Waals surface area contributed by atoms with Crippen molar-refractivity contribution in [2.75, 3.05) is 19.0 Å². The molecule has 0 bridgehead atoms. The number of thioether (sulfide) groups is 1. The molecule has 2 rings (SSSR count). The lowest BCUT2D eigenvalue weighted by Crippen LogP contribution is -2.08. The van der Waals surface area contributed by atoms with Gasteiger partial charge in [-0.2, -0.15) is 0 Å². The fraction of sp³-hybridized carbons (Fsp3) is 0.438. The van der Waals surface area contributed by atoms with Crippen LogP contribution in [0.1, 0.15) is 26.7 Å². The Labute approximate surface area is 139 Å². The third-order valence-corrected chi connectivity index (χ3v) is 3.69. The molecule has 0 N–H and O–H groups in total. The summed E-state index contributed by atoms with van der Waals surface area (Å²) in [6, 6.07) is 7.46. The Kier molecular flexibility index (Phi) is 6.93. The molecule has 124 valence electrons. The van der Waals surface area contributed by atoms with Gasteiger partial charge in [-0.1, -0.05) is 37.2 Å². The van der Waals surface area contributed by atoms with Gasteiger partial charge in [0.2, 0.25) is 0 Å². The molecule has 0 spiro atoms. The van der Waals surface area contributed by atoms with E-state index in [1.807, 2.05) is 38.1 Å². The third kappa shape index (κ3) is 5.28. The van der Waals surface area contributed by atoms with Crippen LogP contribution in [0.2, 0.25) is 0 Å². The van der Waals surface area contributed by atoms with Crippen molar-refractivity contribution in [1.29, 1.82) is 0 Å². The summed E-state index contributed by atoms with van der Waals surface area (Å²) >= 11 is 1.17. The first kappa shape index (κ1) is 17.3. The summed E-state index contributed by atoms with van der Waals surface area (Å²) in [5, 5.41) is 8.29. The quantitative estimate of drug-likeness (QED) is 0.393. The molecule has 1 heterocycles. The van der Waals surface area contributed by atoms with Gasteiger partial charge in [0.25, 0.3) is 11.1 Å². The standard InChI is InChI=1S/C16H20N2O4S/c1-3-5-10-21-14(19)11-23-16-18-17-15(22-16)12-8-6-7-9-13(12)20-4-2/h6-9H,3-5,10-11H2,1-2H3. The SMILES string of the molecule is CCCCOC(=O)CSc1nnc(-c2ccccc2OCC)o1. The highest BCUT2D eigenvalue weighted by Gasteiger charge is 2.15. The maximum Gasteiger partial charge on any atom is 0.316 e. The molecule has 0 fully saturated rings. The lowest BCUT2D eigenvalue weighted by molar-refractivity contribution is -0.140. The van der Waals surface area contributed by atoms with E-state index in [9.17, 15) is 4.79 Å². The maximum absolute atomic E-state index is 11.6. The first-order chi connectivity index (χ1) is 11.2. The number of aromatic nitrogens is 2. The molecule has 1 aromatic heterocycles. The second-order valence-corrected chi connectivity index (χ2v) is 5.59. The first-order valence-corrected chi connectivity index (χ1v) is 8.57. The van der Waals surface area contributed by atoms with Gasteiger partial charge >= 0.3 is 5.97 Å². The highest BCUT2D eigenvalue weighted by atomic mass is 32.2. The number of unbranched alkanes of at least 4 members (excludes halogenated alkanes) is 1. The zero-order chi connectivity index (χ0) is 16.5. The fourth-order valence-corrected chi connectivity index (χ4v) is 2.36. The highest BCUT2D eigenvalue weighted by Crippen LogP contribution is 2.30. The predicted molar refractivity (Wildman–Crippen MR) is 87.5 cm³/mol. The van der Waals surface area contributed by atoms with Gasteiger partial charge in [0.1, 0.15) is 11.5 Å². The molecular formula is C16H20N2O4S. The van der Waals surface area contributed by atoms with Crippen LogP contribution in [-0.2, 0) is 9.53 Å². The van der Waals surface area contributed by atoms with E-state index in [1.165, 1.54) is 11.8 Å². The van der Waals surface area contributed by atoms with Crippen LogP contribution in [0, 0.1) is 0 Å².